The summed E-state index contributed by atoms with van der Waals surface area (Å²) in [5.74, 6) is -0.369. The molecule has 2 aromatic rings. The molecule has 2 N–H and O–H groups in total. The van der Waals surface area contributed by atoms with Crippen LogP contribution in [0.4, 0.5) is 5.88 Å². The van der Waals surface area contributed by atoms with Crippen molar-refractivity contribution >= 4 is 11.8 Å². The molecule has 6 nitrogen and oxygen atoms in total. The summed E-state index contributed by atoms with van der Waals surface area (Å²) in [6.45, 7) is 3.56. The van der Waals surface area contributed by atoms with Gasteiger partial charge < -0.3 is 9.63 Å². The highest BCUT2D eigenvalue weighted by atomic mass is 16.5. The molecule has 0 aliphatic carbocycles. The Kier molecular flexibility index (Phi) is 2.78. The molecule has 0 radical (unpaired) electrons. The molecule has 0 unspecified atom stereocenters. The van der Waals surface area contributed by atoms with Crippen molar-refractivity contribution < 1.29 is 14.4 Å². The maximum absolute atomic E-state index is 11.8. The van der Waals surface area contributed by atoms with Crippen LogP contribution in [0.25, 0.3) is 0 Å². The summed E-state index contributed by atoms with van der Waals surface area (Å²) in [4.78, 5) is 15.5. The Bertz CT molecular complexity index is 563. The molecule has 0 saturated carbocycles. The average molecular weight is 233 g/mol. The van der Waals surface area contributed by atoms with Crippen LogP contribution >= 0.6 is 0 Å². The van der Waals surface area contributed by atoms with Gasteiger partial charge in [0.25, 0.3) is 5.91 Å². The number of hydrogen-bond acceptors (Lipinski definition) is 5. The molecule has 0 fully saturated rings. The van der Waals surface area contributed by atoms with Crippen molar-refractivity contribution in [2.45, 2.75) is 13.8 Å². The fraction of sp³-hybridized carbons (Fsp3) is 0.182. The predicted octanol–water partition coefficient (Wildman–Crippen LogP) is 1.64. The maximum atomic E-state index is 11.8. The number of aryl methyl sites for hydroxylation is 1. The van der Waals surface area contributed by atoms with Crippen molar-refractivity contribution in [3.8, 4) is 5.75 Å². The van der Waals surface area contributed by atoms with Gasteiger partial charge in [-0.15, -0.1) is 0 Å². The zero-order valence-electron chi connectivity index (χ0n) is 9.39. The van der Waals surface area contributed by atoms with Crippen molar-refractivity contribution in [3.05, 3.63) is 35.3 Å². The summed E-state index contributed by atoms with van der Waals surface area (Å²) in [7, 11) is 0. The van der Waals surface area contributed by atoms with E-state index in [0.29, 0.717) is 5.69 Å². The van der Waals surface area contributed by atoms with Gasteiger partial charge in [0.1, 0.15) is 5.75 Å². The Hall–Kier alpha value is -2.37. The number of carbonyl (C=O) groups excluding carboxylic acids is 1. The molecule has 0 bridgehead atoms. The SMILES string of the molecule is Cc1noc(NC(=O)c2ccncc2O)c1C. The number of aromatic nitrogens is 2. The lowest BCUT2D eigenvalue weighted by atomic mass is 10.2. The second kappa shape index (κ2) is 4.25. The average Bonchev–Trinajstić information content (AvgIpc) is 2.61. The van der Waals surface area contributed by atoms with Crippen molar-refractivity contribution in [1.82, 2.24) is 10.1 Å². The van der Waals surface area contributed by atoms with E-state index in [1.807, 2.05) is 0 Å². The van der Waals surface area contributed by atoms with E-state index in [1.165, 1.54) is 18.5 Å². The number of nitrogens with one attached hydrogen (secondary N) is 1. The summed E-state index contributed by atoms with van der Waals surface area (Å²) < 4.78 is 4.95. The standard InChI is InChI=1S/C11H11N3O3/c1-6-7(2)14-17-11(6)13-10(16)8-3-4-12-5-9(8)15/h3-5,15H,1-2H3,(H,13,16). The molecule has 2 aromatic heterocycles. The molecule has 17 heavy (non-hydrogen) atoms. The first kappa shape index (κ1) is 11.1. The van der Waals surface area contributed by atoms with E-state index in [4.69, 9.17) is 4.52 Å². The van der Waals surface area contributed by atoms with Crippen LogP contribution in [0.15, 0.2) is 23.0 Å². The zero-order chi connectivity index (χ0) is 12.4. The minimum absolute atomic E-state index is 0.133. The molecular weight excluding hydrogens is 222 g/mol. The van der Waals surface area contributed by atoms with Gasteiger partial charge in [-0.05, 0) is 19.9 Å². The first-order valence-corrected chi connectivity index (χ1v) is 4.97. The van der Waals surface area contributed by atoms with Crippen molar-refractivity contribution in [3.63, 3.8) is 0 Å². The van der Waals surface area contributed by atoms with E-state index in [-0.39, 0.29) is 17.2 Å². The van der Waals surface area contributed by atoms with Gasteiger partial charge in [0.15, 0.2) is 0 Å². The molecule has 0 aromatic carbocycles. The Morgan fingerprint density at radius 3 is 2.82 bits per heavy atom. The van der Waals surface area contributed by atoms with Gasteiger partial charge >= 0.3 is 0 Å². The molecule has 0 aliphatic heterocycles. The second-order valence-corrected chi connectivity index (χ2v) is 3.57. The largest absolute Gasteiger partial charge is 0.505 e. The van der Waals surface area contributed by atoms with Gasteiger partial charge in [-0.2, -0.15) is 0 Å². The Labute approximate surface area is 97.3 Å². The van der Waals surface area contributed by atoms with E-state index >= 15 is 0 Å². The third-order valence-corrected chi connectivity index (χ3v) is 2.43. The normalized spacial score (nSPS) is 10.2. The molecule has 0 saturated heterocycles. The third-order valence-electron chi connectivity index (χ3n) is 2.43. The molecule has 88 valence electrons. The first-order valence-electron chi connectivity index (χ1n) is 4.97. The minimum Gasteiger partial charge on any atom is -0.505 e. The molecule has 2 rings (SSSR count). The number of rotatable bonds is 2. The van der Waals surface area contributed by atoms with Crippen molar-refractivity contribution in [2.24, 2.45) is 0 Å². The highest BCUT2D eigenvalue weighted by Crippen LogP contribution is 2.20. The highest BCUT2D eigenvalue weighted by Gasteiger charge is 2.15. The lowest BCUT2D eigenvalue weighted by molar-refractivity contribution is 0.102. The van der Waals surface area contributed by atoms with Gasteiger partial charge in [-0.3, -0.25) is 15.1 Å². The number of carbonyl (C=O) groups is 1. The smallest absolute Gasteiger partial charge is 0.261 e. The quantitative estimate of drug-likeness (QED) is 0.823. The monoisotopic (exact) mass is 233 g/mol. The summed E-state index contributed by atoms with van der Waals surface area (Å²) in [5, 5.41) is 15.7. The van der Waals surface area contributed by atoms with E-state index in [2.05, 4.69) is 15.5 Å². The fourth-order valence-corrected chi connectivity index (χ4v) is 1.28. The van der Waals surface area contributed by atoms with Gasteiger partial charge in [0.05, 0.1) is 17.5 Å². The van der Waals surface area contributed by atoms with E-state index in [9.17, 15) is 9.90 Å². The molecule has 6 heteroatoms. The maximum Gasteiger partial charge on any atom is 0.261 e. The number of hydrogen-bond donors (Lipinski definition) is 2. The van der Waals surface area contributed by atoms with Crippen LogP contribution in [0, 0.1) is 13.8 Å². The summed E-state index contributed by atoms with van der Waals surface area (Å²) in [6.07, 6.45) is 2.63. The molecule has 0 spiro atoms. The Morgan fingerprint density at radius 2 is 2.24 bits per heavy atom. The molecule has 2 heterocycles. The molecule has 0 atom stereocenters. The van der Waals surface area contributed by atoms with Crippen LogP contribution in [0.3, 0.4) is 0 Å². The van der Waals surface area contributed by atoms with Gasteiger partial charge in [0.2, 0.25) is 5.88 Å². The van der Waals surface area contributed by atoms with Gasteiger partial charge in [-0.25, -0.2) is 0 Å². The summed E-state index contributed by atoms with van der Waals surface area (Å²) >= 11 is 0. The molecule has 1 amide bonds. The van der Waals surface area contributed by atoms with Crippen LogP contribution in [0.2, 0.25) is 0 Å². The Balaban J connectivity index is 2.23. The van der Waals surface area contributed by atoms with E-state index in [1.54, 1.807) is 13.8 Å². The van der Waals surface area contributed by atoms with Crippen LogP contribution in [-0.4, -0.2) is 21.2 Å². The van der Waals surface area contributed by atoms with Crippen LogP contribution < -0.4 is 5.32 Å². The van der Waals surface area contributed by atoms with Crippen molar-refractivity contribution in [1.29, 1.82) is 0 Å². The third kappa shape index (κ3) is 2.10. The zero-order valence-corrected chi connectivity index (χ0v) is 9.39. The van der Waals surface area contributed by atoms with Gasteiger partial charge in [0, 0.05) is 11.8 Å². The molecular formula is C11H11N3O3. The number of pyridine rings is 1. The van der Waals surface area contributed by atoms with Crippen LogP contribution in [0.1, 0.15) is 21.6 Å². The predicted molar refractivity (Wildman–Crippen MR) is 59.8 cm³/mol. The lowest BCUT2D eigenvalue weighted by Gasteiger charge is -2.03. The number of anilines is 1. The van der Waals surface area contributed by atoms with Crippen LogP contribution in [-0.2, 0) is 0 Å². The lowest BCUT2D eigenvalue weighted by Crippen LogP contribution is -2.12. The number of amides is 1. The van der Waals surface area contributed by atoms with Crippen molar-refractivity contribution in [2.75, 3.05) is 5.32 Å². The first-order chi connectivity index (χ1) is 8.09. The number of aromatic hydroxyl groups is 1. The van der Waals surface area contributed by atoms with E-state index < -0.39 is 5.91 Å². The Morgan fingerprint density at radius 1 is 1.47 bits per heavy atom. The van der Waals surface area contributed by atoms with Crippen LogP contribution in [0.5, 0.6) is 5.75 Å². The van der Waals surface area contributed by atoms with E-state index in [0.717, 1.165) is 5.56 Å². The second-order valence-electron chi connectivity index (χ2n) is 3.57. The topological polar surface area (TPSA) is 88.3 Å². The minimum atomic E-state index is -0.468. The highest BCUT2D eigenvalue weighted by molar-refractivity contribution is 6.05. The molecule has 0 aliphatic rings. The van der Waals surface area contributed by atoms with Gasteiger partial charge in [-0.1, -0.05) is 5.16 Å². The number of nitrogens with zero attached hydrogens (tertiary/aromatic N) is 2. The summed E-state index contributed by atoms with van der Waals surface area (Å²) in [6, 6.07) is 1.42. The summed E-state index contributed by atoms with van der Waals surface area (Å²) in [5.41, 5.74) is 1.60. The fourth-order valence-electron chi connectivity index (χ4n) is 1.28.